The van der Waals surface area contributed by atoms with Crippen molar-refractivity contribution in [3.63, 3.8) is 0 Å². The Bertz CT molecular complexity index is 1570. The summed E-state index contributed by atoms with van der Waals surface area (Å²) in [6.07, 6.45) is 1.32. The fourth-order valence-corrected chi connectivity index (χ4v) is 6.25. The van der Waals surface area contributed by atoms with E-state index in [9.17, 15) is 13.2 Å². The highest BCUT2D eigenvalue weighted by Crippen LogP contribution is 2.42. The molecule has 0 fully saturated rings. The second-order valence-electron chi connectivity index (χ2n) is 8.32. The van der Waals surface area contributed by atoms with Gasteiger partial charge >= 0.3 is 0 Å². The molecule has 194 valence electrons. The Balaban J connectivity index is 1.38. The predicted molar refractivity (Wildman–Crippen MR) is 146 cm³/mol. The Kier molecular flexibility index (Phi) is 7.21. The van der Waals surface area contributed by atoms with Gasteiger partial charge in [-0.05, 0) is 11.6 Å². The van der Waals surface area contributed by atoms with Crippen molar-refractivity contribution in [2.45, 2.75) is 16.6 Å². The number of methoxy groups -OCH3 is 2. The molecule has 38 heavy (non-hydrogen) atoms. The van der Waals surface area contributed by atoms with Crippen molar-refractivity contribution in [3.8, 4) is 22.8 Å². The topological polar surface area (TPSA) is 111 Å². The van der Waals surface area contributed by atoms with Crippen LogP contribution < -0.4 is 19.1 Å². The van der Waals surface area contributed by atoms with E-state index in [2.05, 4.69) is 15.3 Å². The van der Waals surface area contributed by atoms with E-state index in [0.717, 1.165) is 17.3 Å². The van der Waals surface area contributed by atoms with Crippen LogP contribution in [0.4, 0.5) is 11.4 Å². The molecule has 11 heteroatoms. The molecule has 5 rings (SSSR count). The summed E-state index contributed by atoms with van der Waals surface area (Å²) in [4.78, 5) is 21.5. The number of carbonyl (C=O) groups is 1. The first-order valence-corrected chi connectivity index (χ1v) is 14.0. The molecular formula is C27H24N4O5S2. The Labute approximate surface area is 224 Å². The molecule has 0 bridgehead atoms. The predicted octanol–water partition coefficient (Wildman–Crippen LogP) is 4.60. The van der Waals surface area contributed by atoms with E-state index in [1.807, 2.05) is 42.5 Å². The lowest BCUT2D eigenvalue weighted by Gasteiger charge is -2.31. The Morgan fingerprint density at radius 1 is 0.974 bits per heavy atom. The van der Waals surface area contributed by atoms with Gasteiger partial charge in [-0.1, -0.05) is 60.3 Å². The fraction of sp³-hybridized carbons (Fsp3) is 0.148. The molecule has 0 spiro atoms. The second-order valence-corrected chi connectivity index (χ2v) is 11.1. The highest BCUT2D eigenvalue weighted by Gasteiger charge is 2.36. The van der Waals surface area contributed by atoms with Crippen LogP contribution in [0.15, 0.2) is 89.0 Å². The Morgan fingerprint density at radius 3 is 2.37 bits per heavy atom. The maximum atomic E-state index is 13.6. The van der Waals surface area contributed by atoms with Gasteiger partial charge in [-0.25, -0.2) is 18.4 Å². The Morgan fingerprint density at radius 2 is 1.66 bits per heavy atom. The van der Waals surface area contributed by atoms with Crippen LogP contribution in [0.1, 0.15) is 5.56 Å². The minimum atomic E-state index is -3.90. The van der Waals surface area contributed by atoms with Crippen molar-refractivity contribution < 1.29 is 22.7 Å². The summed E-state index contributed by atoms with van der Waals surface area (Å²) in [5.74, 6) is 0.832. The van der Waals surface area contributed by atoms with Gasteiger partial charge in [-0.3, -0.25) is 9.10 Å². The molecule has 1 aliphatic heterocycles. The maximum absolute atomic E-state index is 13.6. The van der Waals surface area contributed by atoms with Gasteiger partial charge in [0.1, 0.15) is 16.4 Å². The van der Waals surface area contributed by atoms with E-state index >= 15 is 0 Å². The van der Waals surface area contributed by atoms with E-state index in [1.165, 1.54) is 24.7 Å². The fourth-order valence-electron chi connectivity index (χ4n) is 4.07. The van der Waals surface area contributed by atoms with Crippen molar-refractivity contribution in [1.29, 1.82) is 0 Å². The summed E-state index contributed by atoms with van der Waals surface area (Å²) in [6.45, 7) is 0.186. The molecule has 1 aromatic heterocycles. The number of anilines is 2. The smallest absolute Gasteiger partial charge is 0.268 e. The van der Waals surface area contributed by atoms with Crippen molar-refractivity contribution >= 4 is 39.1 Å². The van der Waals surface area contributed by atoms with Crippen molar-refractivity contribution in [2.75, 3.05) is 29.6 Å². The van der Waals surface area contributed by atoms with Crippen molar-refractivity contribution in [2.24, 2.45) is 0 Å². The highest BCUT2D eigenvalue weighted by molar-refractivity contribution is 7.99. The largest absolute Gasteiger partial charge is 0.497 e. The van der Waals surface area contributed by atoms with Gasteiger partial charge in [0.05, 0.1) is 44.1 Å². The van der Waals surface area contributed by atoms with Crippen LogP contribution in [-0.4, -0.2) is 44.3 Å². The molecule has 9 nitrogen and oxygen atoms in total. The number of amides is 1. The van der Waals surface area contributed by atoms with Crippen LogP contribution in [0.5, 0.6) is 11.5 Å². The van der Waals surface area contributed by atoms with Gasteiger partial charge in [-0.2, -0.15) is 0 Å². The number of thioether (sulfide) groups is 1. The average Bonchev–Trinajstić information content (AvgIpc) is 2.94. The van der Waals surface area contributed by atoms with E-state index in [0.29, 0.717) is 39.3 Å². The highest BCUT2D eigenvalue weighted by atomic mass is 32.2. The molecule has 1 aliphatic rings. The molecule has 0 atom stereocenters. The lowest BCUT2D eigenvalue weighted by molar-refractivity contribution is -0.113. The average molecular weight is 549 g/mol. The van der Waals surface area contributed by atoms with Crippen LogP contribution in [0.25, 0.3) is 11.3 Å². The standard InChI is InChI=1S/C27H24N4O5S2/c1-35-20-12-19(13-21(14-20)36-2)29-25(32)17-37-27-28-15-24-26(30-27)22-10-6-7-11-23(22)31(38(24,33)34)16-18-8-4-3-5-9-18/h3-15H,16-17H2,1-2H3,(H,29,32). The minimum Gasteiger partial charge on any atom is -0.497 e. The first-order valence-electron chi connectivity index (χ1n) is 11.6. The number of nitrogens with zero attached hydrogens (tertiary/aromatic N) is 3. The molecule has 4 aromatic rings. The summed E-state index contributed by atoms with van der Waals surface area (Å²) in [5.41, 5.74) is 2.94. The number of sulfonamides is 1. The van der Waals surface area contributed by atoms with Crippen LogP contribution in [-0.2, 0) is 21.4 Å². The van der Waals surface area contributed by atoms with Crippen LogP contribution in [0, 0.1) is 0 Å². The molecule has 3 aromatic carbocycles. The van der Waals surface area contributed by atoms with Crippen LogP contribution in [0.2, 0.25) is 0 Å². The summed E-state index contributed by atoms with van der Waals surface area (Å²) in [6, 6.07) is 21.7. The van der Waals surface area contributed by atoms with E-state index in [4.69, 9.17) is 9.47 Å². The molecule has 0 radical (unpaired) electrons. The number of fused-ring (bicyclic) bond motifs is 3. The number of rotatable bonds is 8. The normalized spacial score (nSPS) is 13.3. The van der Waals surface area contributed by atoms with Gasteiger partial charge in [0.15, 0.2) is 5.16 Å². The summed E-state index contributed by atoms with van der Waals surface area (Å²) in [7, 11) is -0.839. The van der Waals surface area contributed by atoms with Crippen LogP contribution in [0.3, 0.4) is 0 Å². The van der Waals surface area contributed by atoms with E-state index in [1.54, 1.807) is 30.3 Å². The number of benzene rings is 3. The molecule has 2 heterocycles. The molecule has 0 unspecified atom stereocenters. The third-order valence-electron chi connectivity index (χ3n) is 5.87. The lowest BCUT2D eigenvalue weighted by Crippen LogP contribution is -2.34. The molecule has 0 saturated carbocycles. The minimum absolute atomic E-state index is 0.0207. The summed E-state index contributed by atoms with van der Waals surface area (Å²) < 4.78 is 39.1. The monoisotopic (exact) mass is 548 g/mol. The molecular weight excluding hydrogens is 524 g/mol. The van der Waals surface area contributed by atoms with E-state index < -0.39 is 10.0 Å². The van der Waals surface area contributed by atoms with Gasteiger partial charge < -0.3 is 14.8 Å². The molecule has 0 aliphatic carbocycles. The SMILES string of the molecule is COc1cc(NC(=O)CSc2ncc3c(n2)-c2ccccc2N(Cc2ccccc2)S3(=O)=O)cc(OC)c1. The number of carbonyl (C=O) groups excluding carboxylic acids is 1. The zero-order chi connectivity index (χ0) is 26.7. The molecule has 1 N–H and O–H groups in total. The first kappa shape index (κ1) is 25.6. The van der Waals surface area contributed by atoms with Gasteiger partial charge in [-0.15, -0.1) is 0 Å². The number of nitrogens with one attached hydrogen (secondary N) is 1. The number of ether oxygens (including phenoxy) is 2. The van der Waals surface area contributed by atoms with Gasteiger partial charge in [0, 0.05) is 29.4 Å². The zero-order valence-corrected chi connectivity index (χ0v) is 22.3. The third kappa shape index (κ3) is 5.15. The third-order valence-corrected chi connectivity index (χ3v) is 8.49. The Hall–Kier alpha value is -4.09. The lowest BCUT2D eigenvalue weighted by atomic mass is 10.1. The number of para-hydroxylation sites is 1. The maximum Gasteiger partial charge on any atom is 0.268 e. The molecule has 0 saturated heterocycles. The van der Waals surface area contributed by atoms with Crippen molar-refractivity contribution in [3.05, 3.63) is 84.6 Å². The van der Waals surface area contributed by atoms with E-state index in [-0.39, 0.29) is 23.1 Å². The summed E-state index contributed by atoms with van der Waals surface area (Å²) >= 11 is 1.11. The molecule has 1 amide bonds. The summed E-state index contributed by atoms with van der Waals surface area (Å²) in [5, 5.41) is 3.10. The zero-order valence-electron chi connectivity index (χ0n) is 20.6. The quantitative estimate of drug-likeness (QED) is 0.251. The van der Waals surface area contributed by atoms with Crippen LogP contribution >= 0.6 is 11.8 Å². The number of hydrogen-bond acceptors (Lipinski definition) is 8. The van der Waals surface area contributed by atoms with Gasteiger partial charge in [0.2, 0.25) is 5.91 Å². The second kappa shape index (κ2) is 10.7. The first-order chi connectivity index (χ1) is 18.4. The number of aromatic nitrogens is 2. The number of hydrogen-bond donors (Lipinski definition) is 1. The van der Waals surface area contributed by atoms with Gasteiger partial charge in [0.25, 0.3) is 10.0 Å². The van der Waals surface area contributed by atoms with Crippen molar-refractivity contribution in [1.82, 2.24) is 9.97 Å².